The van der Waals surface area contributed by atoms with E-state index in [4.69, 9.17) is 19.4 Å². The highest BCUT2D eigenvalue weighted by atomic mass is 16.6. The van der Waals surface area contributed by atoms with Crippen molar-refractivity contribution in [2.24, 2.45) is 0 Å². The van der Waals surface area contributed by atoms with Crippen molar-refractivity contribution in [1.29, 1.82) is 0 Å². The lowest BCUT2D eigenvalue weighted by molar-refractivity contribution is 0.149. The Bertz CT molecular complexity index is 2560. The van der Waals surface area contributed by atoms with Crippen LogP contribution in [0.5, 0.6) is 11.5 Å². The van der Waals surface area contributed by atoms with Gasteiger partial charge >= 0.3 is 0 Å². The first-order valence-electron chi connectivity index (χ1n) is 16.6. The Kier molecular flexibility index (Phi) is 6.24. The monoisotopic (exact) mass is 631 g/mol. The zero-order chi connectivity index (χ0) is 32.3. The van der Waals surface area contributed by atoms with Crippen LogP contribution in [0, 0.1) is 0 Å². The molecule has 5 nitrogen and oxygen atoms in total. The molecule has 0 radical (unpaired) electrons. The third-order valence-electron chi connectivity index (χ3n) is 9.52. The van der Waals surface area contributed by atoms with Gasteiger partial charge in [0.1, 0.15) is 11.3 Å². The first kappa shape index (κ1) is 27.6. The Labute approximate surface area is 283 Å². The van der Waals surface area contributed by atoms with E-state index < -0.39 is 0 Å². The summed E-state index contributed by atoms with van der Waals surface area (Å²) in [5.41, 5.74) is 7.94. The molecule has 0 spiro atoms. The van der Waals surface area contributed by atoms with Crippen molar-refractivity contribution < 1.29 is 9.47 Å². The minimum atomic E-state index is -0.147. The minimum absolute atomic E-state index is 0.147. The summed E-state index contributed by atoms with van der Waals surface area (Å²) in [5.74, 6) is 3.06. The summed E-state index contributed by atoms with van der Waals surface area (Å²) in [6.07, 6.45) is 6.79. The Morgan fingerprint density at radius 2 is 1.29 bits per heavy atom. The molecule has 0 bridgehead atoms. The molecule has 1 aliphatic carbocycles. The van der Waals surface area contributed by atoms with E-state index in [1.54, 1.807) is 0 Å². The van der Waals surface area contributed by atoms with Gasteiger partial charge in [-0.1, -0.05) is 109 Å². The van der Waals surface area contributed by atoms with Gasteiger partial charge in [-0.3, -0.25) is 0 Å². The van der Waals surface area contributed by atoms with E-state index >= 15 is 0 Å². The largest absolute Gasteiger partial charge is 0.476 e. The topological polar surface area (TPSA) is 49.2 Å². The van der Waals surface area contributed by atoms with Crippen LogP contribution in [0.3, 0.4) is 0 Å². The zero-order valence-electron chi connectivity index (χ0n) is 26.5. The minimum Gasteiger partial charge on any atom is -0.476 e. The van der Waals surface area contributed by atoms with E-state index in [-0.39, 0.29) is 6.10 Å². The van der Waals surface area contributed by atoms with Crippen LogP contribution in [-0.4, -0.2) is 20.6 Å². The fourth-order valence-electron chi connectivity index (χ4n) is 7.12. The lowest BCUT2D eigenvalue weighted by atomic mass is 10.0. The normalized spacial score (nSPS) is 15.0. The Hall–Kier alpha value is -6.46. The second-order valence-electron chi connectivity index (χ2n) is 12.5. The number of rotatable bonds is 4. The second kappa shape index (κ2) is 11.1. The van der Waals surface area contributed by atoms with Crippen LogP contribution in [-0.2, 0) is 0 Å². The van der Waals surface area contributed by atoms with Gasteiger partial charge < -0.3 is 14.0 Å². The number of allylic oxidation sites excluding steroid dienone is 2. The summed E-state index contributed by atoms with van der Waals surface area (Å²) in [7, 11) is 0. The molecule has 3 heterocycles. The van der Waals surface area contributed by atoms with Crippen molar-refractivity contribution in [1.82, 2.24) is 14.5 Å². The van der Waals surface area contributed by atoms with Crippen LogP contribution in [0.25, 0.3) is 72.2 Å². The molecule has 0 N–H and O–H groups in total. The molecule has 232 valence electrons. The average molecular weight is 632 g/mol. The van der Waals surface area contributed by atoms with Crippen LogP contribution in [0.1, 0.15) is 6.42 Å². The molecule has 6 aromatic carbocycles. The van der Waals surface area contributed by atoms with Crippen molar-refractivity contribution in [3.63, 3.8) is 0 Å². The molecule has 0 saturated carbocycles. The van der Waals surface area contributed by atoms with Crippen LogP contribution in [0.15, 0.2) is 164 Å². The van der Waals surface area contributed by atoms with E-state index in [1.807, 2.05) is 54.6 Å². The molecule has 0 amide bonds. The maximum atomic E-state index is 6.76. The predicted octanol–water partition coefficient (Wildman–Crippen LogP) is 10.7. The molecule has 1 unspecified atom stereocenters. The predicted molar refractivity (Wildman–Crippen MR) is 197 cm³/mol. The number of hydrogen-bond donors (Lipinski definition) is 0. The van der Waals surface area contributed by atoms with Crippen LogP contribution >= 0.6 is 0 Å². The lowest BCUT2D eigenvalue weighted by Gasteiger charge is -2.30. The molecular weight excluding hydrogens is 603 g/mol. The van der Waals surface area contributed by atoms with E-state index in [9.17, 15) is 0 Å². The van der Waals surface area contributed by atoms with Crippen LogP contribution in [0.4, 0.5) is 0 Å². The zero-order valence-corrected chi connectivity index (χ0v) is 26.5. The summed E-state index contributed by atoms with van der Waals surface area (Å²) in [6.45, 7) is 0. The molecule has 2 aromatic heterocycles. The van der Waals surface area contributed by atoms with Gasteiger partial charge in [0.25, 0.3) is 0 Å². The standard InChI is InChI=1S/C44H29N3O2/c1-3-11-28(12-4-1)36-27-37(46-44(45-36)30-13-5-2-6-14-30)29-19-21-33(22-20-29)47-38-26-32-16-8-7-15-31(32)25-35(38)34-23-24-41-43(42(34)47)49-40-18-10-9-17-39(40)48-41/h1-17,19-27,40H,18H2. The molecule has 1 aliphatic heterocycles. The van der Waals surface area contributed by atoms with Crippen molar-refractivity contribution in [2.45, 2.75) is 12.5 Å². The fourth-order valence-corrected chi connectivity index (χ4v) is 7.12. The van der Waals surface area contributed by atoms with Gasteiger partial charge in [-0.2, -0.15) is 0 Å². The summed E-state index contributed by atoms with van der Waals surface area (Å²) < 4.78 is 15.5. The van der Waals surface area contributed by atoms with Crippen molar-refractivity contribution in [3.8, 4) is 51.1 Å². The molecule has 5 heteroatoms. The highest BCUT2D eigenvalue weighted by molar-refractivity contribution is 6.15. The number of benzene rings is 6. The molecule has 1 atom stereocenters. The van der Waals surface area contributed by atoms with Gasteiger partial charge in [0.2, 0.25) is 0 Å². The summed E-state index contributed by atoms with van der Waals surface area (Å²) in [6, 6.07) is 48.5. The third-order valence-corrected chi connectivity index (χ3v) is 9.52. The number of ether oxygens (including phenoxy) is 2. The molecule has 10 rings (SSSR count). The summed E-state index contributed by atoms with van der Waals surface area (Å²) >= 11 is 0. The van der Waals surface area contributed by atoms with E-state index in [0.29, 0.717) is 5.82 Å². The van der Waals surface area contributed by atoms with Crippen molar-refractivity contribution in [3.05, 3.63) is 164 Å². The van der Waals surface area contributed by atoms with Crippen LogP contribution in [0.2, 0.25) is 0 Å². The third kappa shape index (κ3) is 4.62. The molecular formula is C44H29N3O2. The SMILES string of the molecule is C1=CCC2Oc3c(ccc4c5cc6ccccc6cc5n(-c5ccc(-c6cc(-c7ccccc7)nc(-c7ccccc7)n6)cc5)c34)OC2=C1. The highest BCUT2D eigenvalue weighted by Crippen LogP contribution is 2.47. The molecule has 0 saturated heterocycles. The maximum absolute atomic E-state index is 6.76. The second-order valence-corrected chi connectivity index (χ2v) is 12.5. The Morgan fingerprint density at radius 1 is 0.612 bits per heavy atom. The molecule has 8 aromatic rings. The fraction of sp³-hybridized carbons (Fsp3) is 0.0455. The molecule has 0 fully saturated rings. The molecule has 2 aliphatic rings. The van der Waals surface area contributed by atoms with Gasteiger partial charge in [-0.25, -0.2) is 9.97 Å². The maximum Gasteiger partial charge on any atom is 0.187 e. The smallest absolute Gasteiger partial charge is 0.187 e. The first-order chi connectivity index (χ1) is 24.3. The summed E-state index contributed by atoms with van der Waals surface area (Å²) in [4.78, 5) is 10.0. The Morgan fingerprint density at radius 3 is 2.04 bits per heavy atom. The lowest BCUT2D eigenvalue weighted by Crippen LogP contribution is -2.28. The number of fused-ring (bicyclic) bond motifs is 7. The average Bonchev–Trinajstić information content (AvgIpc) is 3.50. The first-order valence-corrected chi connectivity index (χ1v) is 16.6. The summed E-state index contributed by atoms with van der Waals surface area (Å²) in [5, 5.41) is 4.69. The number of hydrogen-bond acceptors (Lipinski definition) is 4. The van der Waals surface area contributed by atoms with Crippen LogP contribution < -0.4 is 9.47 Å². The van der Waals surface area contributed by atoms with E-state index in [0.717, 1.165) is 73.9 Å². The van der Waals surface area contributed by atoms with Gasteiger partial charge in [0.15, 0.2) is 23.4 Å². The van der Waals surface area contributed by atoms with Crippen molar-refractivity contribution >= 4 is 32.6 Å². The number of nitrogens with zero attached hydrogens (tertiary/aromatic N) is 3. The van der Waals surface area contributed by atoms with Gasteiger partial charge in [0.05, 0.1) is 16.9 Å². The Balaban J connectivity index is 1.16. The molecule has 49 heavy (non-hydrogen) atoms. The van der Waals surface area contributed by atoms with Gasteiger partial charge in [-0.15, -0.1) is 0 Å². The van der Waals surface area contributed by atoms with Gasteiger partial charge in [-0.05, 0) is 59.3 Å². The van der Waals surface area contributed by atoms with E-state index in [2.05, 4.69) is 108 Å². The number of aromatic nitrogens is 3. The van der Waals surface area contributed by atoms with E-state index in [1.165, 1.54) is 16.2 Å². The highest BCUT2D eigenvalue weighted by Gasteiger charge is 2.31. The van der Waals surface area contributed by atoms with Crippen molar-refractivity contribution in [2.75, 3.05) is 0 Å². The quantitative estimate of drug-likeness (QED) is 0.194. The van der Waals surface area contributed by atoms with Gasteiger partial charge in [0, 0.05) is 39.6 Å².